The van der Waals surface area contributed by atoms with Gasteiger partial charge in [-0.1, -0.05) is 6.07 Å². The first-order chi connectivity index (χ1) is 9.53. The van der Waals surface area contributed by atoms with Crippen molar-refractivity contribution in [3.05, 3.63) is 29.3 Å². The molecule has 2 aliphatic rings. The van der Waals surface area contributed by atoms with Crippen LogP contribution in [0.25, 0.3) is 0 Å². The van der Waals surface area contributed by atoms with Crippen LogP contribution in [0.5, 0.6) is 0 Å². The number of hydrogen-bond donors (Lipinski definition) is 0. The highest BCUT2D eigenvalue weighted by Crippen LogP contribution is 2.42. The zero-order chi connectivity index (χ0) is 14.3. The van der Waals surface area contributed by atoms with E-state index in [1.54, 1.807) is 0 Å². The van der Waals surface area contributed by atoms with Gasteiger partial charge in [0.2, 0.25) is 0 Å². The molecular formula is C17H23N3. The van der Waals surface area contributed by atoms with Crippen molar-refractivity contribution in [2.75, 3.05) is 31.1 Å². The zero-order valence-corrected chi connectivity index (χ0v) is 12.7. The van der Waals surface area contributed by atoms with Crippen molar-refractivity contribution >= 4 is 5.69 Å². The number of nitriles is 1. The van der Waals surface area contributed by atoms with Gasteiger partial charge in [0.1, 0.15) is 0 Å². The Bertz CT molecular complexity index is 550. The Kier molecular flexibility index (Phi) is 3.22. The molecule has 0 aromatic heterocycles. The molecule has 2 fully saturated rings. The van der Waals surface area contributed by atoms with Crippen molar-refractivity contribution < 1.29 is 0 Å². The summed E-state index contributed by atoms with van der Waals surface area (Å²) in [6.45, 7) is 11.3. The van der Waals surface area contributed by atoms with Crippen LogP contribution < -0.4 is 4.90 Å². The first-order valence-electron chi connectivity index (χ1n) is 7.53. The lowest BCUT2D eigenvalue weighted by molar-refractivity contribution is 0.186. The molecule has 3 nitrogen and oxygen atoms in total. The number of likely N-dealkylation sites (tertiary alicyclic amines) is 1. The SMILES string of the molecule is Cc1ccc(N2CC3(CCN(C(C)C)C3)C2)cc1C#N. The van der Waals surface area contributed by atoms with E-state index >= 15 is 0 Å². The second-order valence-corrected chi connectivity index (χ2v) is 6.78. The largest absolute Gasteiger partial charge is 0.370 e. The molecule has 3 heteroatoms. The number of aryl methyl sites for hydroxylation is 1. The average molecular weight is 269 g/mol. The number of rotatable bonds is 2. The van der Waals surface area contributed by atoms with Crippen LogP contribution in [0.1, 0.15) is 31.4 Å². The van der Waals surface area contributed by atoms with Gasteiger partial charge >= 0.3 is 0 Å². The van der Waals surface area contributed by atoms with Gasteiger partial charge in [0.15, 0.2) is 0 Å². The lowest BCUT2D eigenvalue weighted by atomic mass is 9.78. The summed E-state index contributed by atoms with van der Waals surface area (Å²) in [6, 6.07) is 9.20. The van der Waals surface area contributed by atoms with Crippen molar-refractivity contribution in [2.24, 2.45) is 5.41 Å². The van der Waals surface area contributed by atoms with Crippen molar-refractivity contribution in [3.63, 3.8) is 0 Å². The molecule has 2 saturated heterocycles. The molecule has 0 N–H and O–H groups in total. The topological polar surface area (TPSA) is 30.3 Å². The third-order valence-electron chi connectivity index (χ3n) is 4.96. The molecule has 106 valence electrons. The molecule has 0 radical (unpaired) electrons. The summed E-state index contributed by atoms with van der Waals surface area (Å²) in [5.74, 6) is 0. The first-order valence-corrected chi connectivity index (χ1v) is 7.53. The van der Waals surface area contributed by atoms with Crippen LogP contribution in [0.2, 0.25) is 0 Å². The molecule has 1 aromatic carbocycles. The van der Waals surface area contributed by atoms with Crippen molar-refractivity contribution in [3.8, 4) is 6.07 Å². The van der Waals surface area contributed by atoms with Crippen LogP contribution in [0.15, 0.2) is 18.2 Å². The van der Waals surface area contributed by atoms with Gasteiger partial charge in [0.05, 0.1) is 11.6 Å². The highest BCUT2D eigenvalue weighted by atomic mass is 15.3. The third-order valence-corrected chi connectivity index (χ3v) is 4.96. The van der Waals surface area contributed by atoms with Crippen molar-refractivity contribution in [1.29, 1.82) is 5.26 Å². The van der Waals surface area contributed by atoms with Crippen LogP contribution in [0.4, 0.5) is 5.69 Å². The standard InChI is InChI=1S/C17H23N3/c1-13(2)19-7-6-17(10-19)11-20(12-17)16-5-4-14(3)15(8-16)9-18/h4-5,8,13H,6-7,10-12H2,1-3H3. The van der Waals surface area contributed by atoms with Gasteiger partial charge in [0.25, 0.3) is 0 Å². The summed E-state index contributed by atoms with van der Waals surface area (Å²) < 4.78 is 0. The Morgan fingerprint density at radius 3 is 2.60 bits per heavy atom. The van der Waals surface area contributed by atoms with Gasteiger partial charge in [-0.05, 0) is 51.4 Å². The van der Waals surface area contributed by atoms with Crippen molar-refractivity contribution in [1.82, 2.24) is 4.90 Å². The molecule has 0 atom stereocenters. The molecule has 2 aliphatic heterocycles. The molecule has 0 unspecified atom stereocenters. The fourth-order valence-electron chi connectivity index (χ4n) is 3.54. The monoisotopic (exact) mass is 269 g/mol. The molecule has 0 amide bonds. The molecule has 3 rings (SSSR count). The van der Waals surface area contributed by atoms with E-state index in [2.05, 4.69) is 41.8 Å². The fraction of sp³-hybridized carbons (Fsp3) is 0.588. The number of nitrogens with zero attached hydrogens (tertiary/aromatic N) is 3. The van der Waals surface area contributed by atoms with Crippen LogP contribution in [0, 0.1) is 23.7 Å². The lowest BCUT2D eigenvalue weighted by Gasteiger charge is -2.50. The Morgan fingerprint density at radius 1 is 1.25 bits per heavy atom. The van der Waals surface area contributed by atoms with E-state index in [0.29, 0.717) is 11.5 Å². The van der Waals surface area contributed by atoms with Crippen LogP contribution in [-0.4, -0.2) is 37.1 Å². The second kappa shape index (κ2) is 4.79. The quantitative estimate of drug-likeness (QED) is 0.827. The molecular weight excluding hydrogens is 246 g/mol. The maximum Gasteiger partial charge on any atom is 0.0995 e. The molecule has 1 spiro atoms. The molecule has 0 saturated carbocycles. The summed E-state index contributed by atoms with van der Waals surface area (Å²) in [6.07, 6.45) is 1.32. The summed E-state index contributed by atoms with van der Waals surface area (Å²) in [5, 5.41) is 9.14. The van der Waals surface area contributed by atoms with Gasteiger partial charge in [0, 0.05) is 36.8 Å². The number of benzene rings is 1. The van der Waals surface area contributed by atoms with Crippen molar-refractivity contribution in [2.45, 2.75) is 33.2 Å². The summed E-state index contributed by atoms with van der Waals surface area (Å²) in [5.41, 5.74) is 3.58. The summed E-state index contributed by atoms with van der Waals surface area (Å²) in [7, 11) is 0. The van der Waals surface area contributed by atoms with Crippen LogP contribution >= 0.6 is 0 Å². The van der Waals surface area contributed by atoms with Gasteiger partial charge in [-0.25, -0.2) is 0 Å². The summed E-state index contributed by atoms with van der Waals surface area (Å²) in [4.78, 5) is 5.01. The molecule has 0 bridgehead atoms. The predicted molar refractivity (Wildman–Crippen MR) is 81.9 cm³/mol. The maximum atomic E-state index is 9.14. The highest BCUT2D eigenvalue weighted by molar-refractivity contribution is 5.56. The van der Waals surface area contributed by atoms with Gasteiger partial charge in [-0.15, -0.1) is 0 Å². The van der Waals surface area contributed by atoms with Crippen LogP contribution in [-0.2, 0) is 0 Å². The average Bonchev–Trinajstić information content (AvgIpc) is 2.83. The highest BCUT2D eigenvalue weighted by Gasteiger charge is 2.47. The zero-order valence-electron chi connectivity index (χ0n) is 12.7. The Hall–Kier alpha value is -1.53. The normalized spacial score (nSPS) is 21.2. The Labute approximate surface area is 121 Å². The molecule has 20 heavy (non-hydrogen) atoms. The van der Waals surface area contributed by atoms with E-state index in [9.17, 15) is 0 Å². The first kappa shape index (κ1) is 13.5. The fourth-order valence-corrected chi connectivity index (χ4v) is 3.54. The minimum absolute atomic E-state index is 0.502. The Morgan fingerprint density at radius 2 is 2.00 bits per heavy atom. The van der Waals surface area contributed by atoms with E-state index < -0.39 is 0 Å². The minimum Gasteiger partial charge on any atom is -0.370 e. The van der Waals surface area contributed by atoms with E-state index in [4.69, 9.17) is 5.26 Å². The molecule has 0 aliphatic carbocycles. The smallest absolute Gasteiger partial charge is 0.0995 e. The van der Waals surface area contributed by atoms with E-state index in [1.807, 2.05) is 13.0 Å². The van der Waals surface area contributed by atoms with Crippen LogP contribution in [0.3, 0.4) is 0 Å². The minimum atomic E-state index is 0.502. The predicted octanol–water partition coefficient (Wildman–Crippen LogP) is 2.79. The van der Waals surface area contributed by atoms with E-state index in [1.165, 1.54) is 25.2 Å². The number of hydrogen-bond acceptors (Lipinski definition) is 3. The molecule has 1 aromatic rings. The Balaban J connectivity index is 1.68. The van der Waals surface area contributed by atoms with Gasteiger partial charge < -0.3 is 9.80 Å². The second-order valence-electron chi connectivity index (χ2n) is 6.78. The van der Waals surface area contributed by atoms with Gasteiger partial charge in [-0.2, -0.15) is 5.26 Å². The third kappa shape index (κ3) is 2.19. The number of anilines is 1. The molecule has 2 heterocycles. The van der Waals surface area contributed by atoms with E-state index in [-0.39, 0.29) is 0 Å². The van der Waals surface area contributed by atoms with Gasteiger partial charge in [-0.3, -0.25) is 0 Å². The lowest BCUT2D eigenvalue weighted by Crippen LogP contribution is -2.58. The van der Waals surface area contributed by atoms with E-state index in [0.717, 1.165) is 24.2 Å². The maximum absolute atomic E-state index is 9.14. The summed E-state index contributed by atoms with van der Waals surface area (Å²) >= 11 is 0.